The van der Waals surface area contributed by atoms with Crippen LogP contribution < -0.4 is 5.43 Å². The standard InChI is InChI=1S/C15H12ClN3O3/c16-13-7-3-1-6-12(13)10-17-18-15(20)9-11-5-2-4-8-14(11)19(21)22/h1-8,10H,9H2,(H,18,20). The molecule has 0 aromatic heterocycles. The molecule has 0 aliphatic heterocycles. The Morgan fingerprint density at radius 3 is 2.64 bits per heavy atom. The first-order valence-corrected chi connectivity index (χ1v) is 6.74. The van der Waals surface area contributed by atoms with Gasteiger partial charge in [0.1, 0.15) is 0 Å². The van der Waals surface area contributed by atoms with Crippen molar-refractivity contribution in [3.63, 3.8) is 0 Å². The Labute approximate surface area is 131 Å². The highest BCUT2D eigenvalue weighted by Crippen LogP contribution is 2.18. The second-order valence-corrected chi connectivity index (χ2v) is 4.78. The SMILES string of the molecule is O=C(Cc1ccccc1[N+](=O)[O-])NN=Cc1ccccc1Cl. The van der Waals surface area contributed by atoms with Crippen LogP contribution in [0.5, 0.6) is 0 Å². The first-order valence-electron chi connectivity index (χ1n) is 6.36. The summed E-state index contributed by atoms with van der Waals surface area (Å²) >= 11 is 5.95. The van der Waals surface area contributed by atoms with E-state index in [1.807, 2.05) is 0 Å². The van der Waals surface area contributed by atoms with Gasteiger partial charge in [0, 0.05) is 22.2 Å². The van der Waals surface area contributed by atoms with Gasteiger partial charge in [-0.25, -0.2) is 5.43 Å². The Bertz CT molecular complexity index is 731. The Balaban J connectivity index is 2.00. The van der Waals surface area contributed by atoms with E-state index in [-0.39, 0.29) is 12.1 Å². The summed E-state index contributed by atoms with van der Waals surface area (Å²) in [5, 5.41) is 15.2. The zero-order chi connectivity index (χ0) is 15.9. The normalized spacial score (nSPS) is 10.6. The molecule has 0 saturated carbocycles. The zero-order valence-corrected chi connectivity index (χ0v) is 12.2. The van der Waals surface area contributed by atoms with Gasteiger partial charge in [0.25, 0.3) is 5.69 Å². The van der Waals surface area contributed by atoms with Gasteiger partial charge in [-0.3, -0.25) is 14.9 Å². The van der Waals surface area contributed by atoms with Gasteiger partial charge in [-0.05, 0) is 6.07 Å². The summed E-state index contributed by atoms with van der Waals surface area (Å²) in [5.41, 5.74) is 3.23. The maximum absolute atomic E-state index is 11.8. The highest BCUT2D eigenvalue weighted by molar-refractivity contribution is 6.33. The minimum absolute atomic E-state index is 0.0901. The molecule has 0 aliphatic carbocycles. The van der Waals surface area contributed by atoms with Crippen LogP contribution in [0, 0.1) is 10.1 Å². The van der Waals surface area contributed by atoms with Crippen molar-refractivity contribution >= 4 is 29.4 Å². The molecule has 0 unspecified atom stereocenters. The lowest BCUT2D eigenvalue weighted by Gasteiger charge is -2.02. The van der Waals surface area contributed by atoms with Crippen LogP contribution in [-0.4, -0.2) is 17.0 Å². The van der Waals surface area contributed by atoms with Gasteiger partial charge in [0.05, 0.1) is 17.6 Å². The topological polar surface area (TPSA) is 84.6 Å². The van der Waals surface area contributed by atoms with E-state index in [9.17, 15) is 14.9 Å². The number of hydrogen-bond acceptors (Lipinski definition) is 4. The number of nitrogens with zero attached hydrogens (tertiary/aromatic N) is 2. The van der Waals surface area contributed by atoms with Crippen molar-refractivity contribution in [2.75, 3.05) is 0 Å². The lowest BCUT2D eigenvalue weighted by atomic mass is 10.1. The quantitative estimate of drug-likeness (QED) is 0.522. The zero-order valence-electron chi connectivity index (χ0n) is 11.4. The van der Waals surface area contributed by atoms with Gasteiger partial charge in [0.2, 0.25) is 5.91 Å². The highest BCUT2D eigenvalue weighted by atomic mass is 35.5. The number of nitro groups is 1. The van der Waals surface area contributed by atoms with E-state index in [4.69, 9.17) is 11.6 Å². The number of carbonyl (C=O) groups is 1. The van der Waals surface area contributed by atoms with Crippen molar-refractivity contribution in [3.8, 4) is 0 Å². The highest BCUT2D eigenvalue weighted by Gasteiger charge is 2.14. The Kier molecular flexibility index (Phi) is 5.21. The van der Waals surface area contributed by atoms with E-state index in [1.54, 1.807) is 36.4 Å². The van der Waals surface area contributed by atoms with Crippen LogP contribution in [0.15, 0.2) is 53.6 Å². The number of nitro benzene ring substituents is 1. The molecule has 0 radical (unpaired) electrons. The smallest absolute Gasteiger partial charge is 0.273 e. The number of carbonyl (C=O) groups excluding carboxylic acids is 1. The maximum Gasteiger partial charge on any atom is 0.273 e. The number of hydrazone groups is 1. The average molecular weight is 318 g/mol. The fourth-order valence-electron chi connectivity index (χ4n) is 1.80. The van der Waals surface area contributed by atoms with Gasteiger partial charge >= 0.3 is 0 Å². The largest absolute Gasteiger partial charge is 0.273 e. The Morgan fingerprint density at radius 1 is 1.23 bits per heavy atom. The number of benzene rings is 2. The summed E-state index contributed by atoms with van der Waals surface area (Å²) < 4.78 is 0. The van der Waals surface area contributed by atoms with Gasteiger partial charge in [-0.15, -0.1) is 0 Å². The molecule has 0 bridgehead atoms. The third kappa shape index (κ3) is 4.13. The van der Waals surface area contributed by atoms with E-state index in [2.05, 4.69) is 10.5 Å². The molecule has 2 aromatic carbocycles. The molecule has 22 heavy (non-hydrogen) atoms. The minimum atomic E-state index is -0.518. The van der Waals surface area contributed by atoms with Gasteiger partial charge in [-0.1, -0.05) is 48.0 Å². The molecule has 2 aromatic rings. The molecule has 0 fully saturated rings. The van der Waals surface area contributed by atoms with Crippen LogP contribution in [-0.2, 0) is 11.2 Å². The molecule has 0 atom stereocenters. The lowest BCUT2D eigenvalue weighted by Crippen LogP contribution is -2.20. The van der Waals surface area contributed by atoms with E-state index in [0.717, 1.165) is 0 Å². The van der Waals surface area contributed by atoms with Crippen LogP contribution in [0.4, 0.5) is 5.69 Å². The van der Waals surface area contributed by atoms with E-state index in [1.165, 1.54) is 18.3 Å². The van der Waals surface area contributed by atoms with Crippen molar-refractivity contribution in [3.05, 3.63) is 74.8 Å². The van der Waals surface area contributed by atoms with E-state index < -0.39 is 10.8 Å². The maximum atomic E-state index is 11.8. The van der Waals surface area contributed by atoms with E-state index >= 15 is 0 Å². The van der Waals surface area contributed by atoms with Crippen molar-refractivity contribution in [1.29, 1.82) is 0 Å². The van der Waals surface area contributed by atoms with Gasteiger partial charge in [0.15, 0.2) is 0 Å². The van der Waals surface area contributed by atoms with Gasteiger partial charge < -0.3 is 0 Å². The van der Waals surface area contributed by atoms with Crippen LogP contribution >= 0.6 is 11.6 Å². The molecular weight excluding hydrogens is 306 g/mol. The molecule has 1 amide bonds. The fraction of sp³-hybridized carbons (Fsp3) is 0.0667. The molecule has 0 aliphatic rings. The molecule has 7 heteroatoms. The van der Waals surface area contributed by atoms with Crippen LogP contribution in [0.1, 0.15) is 11.1 Å². The predicted molar refractivity (Wildman–Crippen MR) is 84.0 cm³/mol. The molecule has 0 saturated heterocycles. The Morgan fingerprint density at radius 2 is 1.91 bits per heavy atom. The number of hydrogen-bond donors (Lipinski definition) is 1. The summed E-state index contributed by atoms with van der Waals surface area (Å²) in [5.74, 6) is -0.447. The molecule has 112 valence electrons. The average Bonchev–Trinajstić information content (AvgIpc) is 2.49. The molecule has 0 spiro atoms. The second kappa shape index (κ2) is 7.33. The number of amides is 1. The Hall–Kier alpha value is -2.73. The van der Waals surface area contributed by atoms with E-state index in [0.29, 0.717) is 16.1 Å². The second-order valence-electron chi connectivity index (χ2n) is 4.38. The van der Waals surface area contributed by atoms with Crippen molar-refractivity contribution in [1.82, 2.24) is 5.43 Å². The molecule has 0 heterocycles. The summed E-state index contributed by atoms with van der Waals surface area (Å²) in [6, 6.07) is 13.1. The minimum Gasteiger partial charge on any atom is -0.273 e. The van der Waals surface area contributed by atoms with Crippen LogP contribution in [0.25, 0.3) is 0 Å². The fourth-order valence-corrected chi connectivity index (χ4v) is 1.99. The number of halogens is 1. The van der Waals surface area contributed by atoms with Crippen molar-refractivity contribution < 1.29 is 9.72 Å². The number of rotatable bonds is 5. The molecule has 2 rings (SSSR count). The monoisotopic (exact) mass is 317 g/mol. The molecule has 1 N–H and O–H groups in total. The summed E-state index contributed by atoms with van der Waals surface area (Å²) in [6.07, 6.45) is 1.29. The predicted octanol–water partition coefficient (Wildman–Crippen LogP) is 2.94. The van der Waals surface area contributed by atoms with Crippen LogP contribution in [0.2, 0.25) is 5.02 Å². The van der Waals surface area contributed by atoms with Gasteiger partial charge in [-0.2, -0.15) is 5.10 Å². The molecular formula is C15H12ClN3O3. The third-order valence-electron chi connectivity index (χ3n) is 2.84. The summed E-state index contributed by atoms with van der Waals surface area (Å²) in [4.78, 5) is 22.1. The first-order chi connectivity index (χ1) is 10.6. The lowest BCUT2D eigenvalue weighted by molar-refractivity contribution is -0.385. The van der Waals surface area contributed by atoms with Crippen LogP contribution in [0.3, 0.4) is 0 Å². The number of para-hydroxylation sites is 1. The number of nitrogens with one attached hydrogen (secondary N) is 1. The molecule has 6 nitrogen and oxygen atoms in total. The third-order valence-corrected chi connectivity index (χ3v) is 3.18. The van der Waals surface area contributed by atoms with Crippen molar-refractivity contribution in [2.45, 2.75) is 6.42 Å². The first kappa shape index (κ1) is 15.7. The summed E-state index contributed by atoms with van der Waals surface area (Å²) in [7, 11) is 0. The summed E-state index contributed by atoms with van der Waals surface area (Å²) in [6.45, 7) is 0. The van der Waals surface area contributed by atoms with Crippen molar-refractivity contribution in [2.24, 2.45) is 5.10 Å².